The van der Waals surface area contributed by atoms with Crippen LogP contribution in [0, 0.1) is 0 Å². The molecular weight excluding hydrogens is 248 g/mol. The molecule has 0 aliphatic carbocycles. The highest BCUT2D eigenvalue weighted by atomic mass is 15.2. The highest BCUT2D eigenvalue weighted by Gasteiger charge is 2.19. The van der Waals surface area contributed by atoms with E-state index in [1.807, 2.05) is 6.20 Å². The van der Waals surface area contributed by atoms with E-state index in [2.05, 4.69) is 19.8 Å². The van der Waals surface area contributed by atoms with Gasteiger partial charge in [-0.1, -0.05) is 25.7 Å². The van der Waals surface area contributed by atoms with Crippen molar-refractivity contribution in [2.24, 2.45) is 0 Å². The van der Waals surface area contributed by atoms with Crippen molar-refractivity contribution in [3.05, 3.63) is 12.5 Å². The summed E-state index contributed by atoms with van der Waals surface area (Å²) in [5, 5.41) is 0. The molecule has 2 saturated heterocycles. The largest absolute Gasteiger partial charge is 0.367 e. The van der Waals surface area contributed by atoms with Crippen LogP contribution in [0.25, 0.3) is 0 Å². The van der Waals surface area contributed by atoms with Crippen LogP contribution in [0.2, 0.25) is 0 Å². The molecule has 2 fully saturated rings. The summed E-state index contributed by atoms with van der Waals surface area (Å²) in [5.41, 5.74) is 1.26. The smallest absolute Gasteiger partial charge is 0.155 e. The molecule has 0 radical (unpaired) electrons. The fraction of sp³-hybridized carbons (Fsp3) is 0.750. The normalized spacial score (nSPS) is 21.4. The topological polar surface area (TPSA) is 32.3 Å². The number of anilines is 2. The molecule has 0 unspecified atom stereocenters. The zero-order valence-corrected chi connectivity index (χ0v) is 12.4. The lowest BCUT2D eigenvalue weighted by atomic mass is 10.2. The maximum absolute atomic E-state index is 4.62. The summed E-state index contributed by atoms with van der Waals surface area (Å²) in [4.78, 5) is 13.9. The van der Waals surface area contributed by atoms with Crippen LogP contribution >= 0.6 is 0 Å². The van der Waals surface area contributed by atoms with Crippen molar-refractivity contribution in [3.8, 4) is 0 Å². The molecule has 0 atom stereocenters. The van der Waals surface area contributed by atoms with Gasteiger partial charge in [-0.25, -0.2) is 9.97 Å². The molecule has 0 N–H and O–H groups in total. The van der Waals surface area contributed by atoms with E-state index >= 15 is 0 Å². The van der Waals surface area contributed by atoms with Gasteiger partial charge in [-0.05, 0) is 25.7 Å². The van der Waals surface area contributed by atoms with Crippen LogP contribution < -0.4 is 9.80 Å². The number of nitrogens with zero attached hydrogens (tertiary/aromatic N) is 4. The minimum Gasteiger partial charge on any atom is -0.367 e. The summed E-state index contributed by atoms with van der Waals surface area (Å²) < 4.78 is 0. The standard InChI is InChI=1S/C16H26N4/c1-2-6-10-19(9-5-1)15-13-17-14-18-16(15)20-11-7-3-4-8-12-20/h13-14H,1-12H2. The van der Waals surface area contributed by atoms with Crippen LogP contribution in [0.15, 0.2) is 12.5 Å². The third kappa shape index (κ3) is 3.22. The van der Waals surface area contributed by atoms with Gasteiger partial charge in [0.25, 0.3) is 0 Å². The fourth-order valence-corrected chi connectivity index (χ4v) is 3.38. The van der Waals surface area contributed by atoms with E-state index < -0.39 is 0 Å². The zero-order valence-electron chi connectivity index (χ0n) is 12.4. The Labute approximate surface area is 122 Å². The predicted octanol–water partition coefficient (Wildman–Crippen LogP) is 3.24. The summed E-state index contributed by atoms with van der Waals surface area (Å²) in [6, 6.07) is 0. The highest BCUT2D eigenvalue weighted by molar-refractivity contribution is 5.66. The minimum atomic E-state index is 1.15. The number of hydrogen-bond donors (Lipinski definition) is 0. The predicted molar refractivity (Wildman–Crippen MR) is 83.4 cm³/mol. The Kier molecular flexibility index (Phi) is 4.72. The van der Waals surface area contributed by atoms with E-state index in [1.165, 1.54) is 62.9 Å². The molecule has 0 aromatic carbocycles. The molecule has 4 nitrogen and oxygen atoms in total. The van der Waals surface area contributed by atoms with E-state index in [4.69, 9.17) is 0 Å². The maximum atomic E-state index is 4.62. The lowest BCUT2D eigenvalue weighted by Crippen LogP contribution is -2.30. The van der Waals surface area contributed by atoms with Crippen LogP contribution in [0.5, 0.6) is 0 Å². The fourth-order valence-electron chi connectivity index (χ4n) is 3.38. The maximum Gasteiger partial charge on any atom is 0.155 e. The average Bonchev–Trinajstić information content (AvgIpc) is 2.92. The molecule has 3 rings (SSSR count). The van der Waals surface area contributed by atoms with Gasteiger partial charge in [-0.3, -0.25) is 0 Å². The second-order valence-electron chi connectivity index (χ2n) is 6.03. The van der Waals surface area contributed by atoms with E-state index in [0.717, 1.165) is 26.2 Å². The van der Waals surface area contributed by atoms with Gasteiger partial charge in [0.05, 0.1) is 11.9 Å². The van der Waals surface area contributed by atoms with Crippen molar-refractivity contribution in [1.82, 2.24) is 9.97 Å². The van der Waals surface area contributed by atoms with E-state index in [0.29, 0.717) is 0 Å². The second kappa shape index (κ2) is 6.91. The van der Waals surface area contributed by atoms with Gasteiger partial charge in [-0.15, -0.1) is 0 Å². The molecule has 20 heavy (non-hydrogen) atoms. The Morgan fingerprint density at radius 1 is 0.700 bits per heavy atom. The van der Waals surface area contributed by atoms with Gasteiger partial charge in [-0.2, -0.15) is 0 Å². The molecule has 0 saturated carbocycles. The van der Waals surface area contributed by atoms with Gasteiger partial charge in [0.1, 0.15) is 6.33 Å². The Hall–Kier alpha value is -1.32. The first-order valence-electron chi connectivity index (χ1n) is 8.25. The quantitative estimate of drug-likeness (QED) is 0.829. The molecular formula is C16H26N4. The molecule has 2 aliphatic heterocycles. The van der Waals surface area contributed by atoms with Crippen LogP contribution in [0.1, 0.15) is 51.4 Å². The lowest BCUT2D eigenvalue weighted by molar-refractivity contribution is 0.726. The molecule has 0 spiro atoms. The Bertz CT molecular complexity index is 366. The van der Waals surface area contributed by atoms with E-state index in [-0.39, 0.29) is 0 Å². The van der Waals surface area contributed by atoms with Crippen LogP contribution in [0.4, 0.5) is 11.5 Å². The summed E-state index contributed by atoms with van der Waals surface area (Å²) in [6.45, 7) is 4.62. The van der Waals surface area contributed by atoms with Gasteiger partial charge < -0.3 is 9.80 Å². The van der Waals surface area contributed by atoms with Crippen molar-refractivity contribution in [2.75, 3.05) is 36.0 Å². The van der Waals surface area contributed by atoms with Crippen molar-refractivity contribution in [1.29, 1.82) is 0 Å². The third-order valence-corrected chi connectivity index (χ3v) is 4.52. The number of rotatable bonds is 2. The van der Waals surface area contributed by atoms with Gasteiger partial charge in [0.2, 0.25) is 0 Å². The molecule has 1 aromatic rings. The van der Waals surface area contributed by atoms with E-state index in [9.17, 15) is 0 Å². The van der Waals surface area contributed by atoms with Crippen molar-refractivity contribution >= 4 is 11.5 Å². The summed E-state index contributed by atoms with van der Waals surface area (Å²) in [6.07, 6.45) is 14.4. The lowest BCUT2D eigenvalue weighted by Gasteiger charge is -2.29. The van der Waals surface area contributed by atoms with Crippen LogP contribution in [0.3, 0.4) is 0 Å². The Morgan fingerprint density at radius 2 is 1.25 bits per heavy atom. The first-order valence-corrected chi connectivity index (χ1v) is 8.25. The number of hydrogen-bond acceptors (Lipinski definition) is 4. The van der Waals surface area contributed by atoms with Crippen molar-refractivity contribution in [2.45, 2.75) is 51.4 Å². The van der Waals surface area contributed by atoms with Gasteiger partial charge in [0.15, 0.2) is 5.82 Å². The van der Waals surface area contributed by atoms with Crippen molar-refractivity contribution in [3.63, 3.8) is 0 Å². The SMILES string of the molecule is c1ncc(N2CCCCCC2)c(N2CCCCCC2)n1. The van der Waals surface area contributed by atoms with Crippen molar-refractivity contribution < 1.29 is 0 Å². The summed E-state index contributed by atoms with van der Waals surface area (Å²) in [7, 11) is 0. The summed E-state index contributed by atoms with van der Waals surface area (Å²) >= 11 is 0. The molecule has 1 aromatic heterocycles. The van der Waals surface area contributed by atoms with Crippen LogP contribution in [-0.4, -0.2) is 36.1 Å². The molecule has 3 heterocycles. The Balaban J connectivity index is 1.82. The highest BCUT2D eigenvalue weighted by Crippen LogP contribution is 2.29. The molecule has 2 aliphatic rings. The first kappa shape index (κ1) is 13.7. The van der Waals surface area contributed by atoms with Crippen LogP contribution in [-0.2, 0) is 0 Å². The third-order valence-electron chi connectivity index (χ3n) is 4.52. The zero-order chi connectivity index (χ0) is 13.6. The number of aromatic nitrogens is 2. The minimum absolute atomic E-state index is 1.15. The Morgan fingerprint density at radius 3 is 1.85 bits per heavy atom. The van der Waals surface area contributed by atoms with Gasteiger partial charge >= 0.3 is 0 Å². The van der Waals surface area contributed by atoms with E-state index in [1.54, 1.807) is 6.33 Å². The molecule has 0 amide bonds. The average molecular weight is 274 g/mol. The second-order valence-corrected chi connectivity index (χ2v) is 6.03. The molecule has 110 valence electrons. The molecule has 4 heteroatoms. The molecule has 0 bridgehead atoms. The summed E-state index contributed by atoms with van der Waals surface area (Å²) in [5.74, 6) is 1.17. The monoisotopic (exact) mass is 274 g/mol. The van der Waals surface area contributed by atoms with Gasteiger partial charge in [0, 0.05) is 26.2 Å². The first-order chi connectivity index (χ1) is 9.95.